The van der Waals surface area contributed by atoms with Crippen LogP contribution in [0.4, 0.5) is 0 Å². The van der Waals surface area contributed by atoms with Gasteiger partial charge in [-0.3, -0.25) is 0 Å². The minimum Gasteiger partial charge on any atom is -0.0801 e. The Morgan fingerprint density at radius 2 is 1.86 bits per heavy atom. The monoisotopic (exact) mass is 182 g/mol. The fourth-order valence-electron chi connectivity index (χ4n) is 1.66. The molecular weight excluding hydrogens is 168 g/mol. The van der Waals surface area contributed by atoms with Crippen molar-refractivity contribution in [3.05, 3.63) is 65.8 Å². The van der Waals surface area contributed by atoms with E-state index >= 15 is 0 Å². The fourth-order valence-corrected chi connectivity index (χ4v) is 1.66. The van der Waals surface area contributed by atoms with Crippen molar-refractivity contribution in [1.82, 2.24) is 0 Å². The quantitative estimate of drug-likeness (QED) is 0.616. The summed E-state index contributed by atoms with van der Waals surface area (Å²) < 4.78 is 0. The largest absolute Gasteiger partial charge is 0.0801 e. The lowest BCUT2D eigenvalue weighted by Crippen LogP contribution is -1.87. The molecule has 2 rings (SSSR count). The first kappa shape index (κ1) is 9.01. The van der Waals surface area contributed by atoms with Gasteiger partial charge in [-0.2, -0.15) is 0 Å². The molecule has 0 aromatic heterocycles. The molecule has 0 bridgehead atoms. The Bertz CT molecular complexity index is 391. The first-order chi connectivity index (χ1) is 6.88. The van der Waals surface area contributed by atoms with Crippen LogP contribution in [0, 0.1) is 0 Å². The van der Waals surface area contributed by atoms with Crippen LogP contribution >= 0.6 is 0 Å². The highest BCUT2D eigenvalue weighted by molar-refractivity contribution is 5.69. The number of allylic oxidation sites excluding steroid dienone is 6. The second-order valence-corrected chi connectivity index (χ2v) is 3.51. The van der Waals surface area contributed by atoms with E-state index in [1.165, 1.54) is 16.7 Å². The Morgan fingerprint density at radius 1 is 1.07 bits per heavy atom. The summed E-state index contributed by atoms with van der Waals surface area (Å²) >= 11 is 0. The smallest absolute Gasteiger partial charge is 0.00915 e. The van der Waals surface area contributed by atoms with E-state index in [1.54, 1.807) is 0 Å². The lowest BCUT2D eigenvalue weighted by Gasteiger charge is -2.08. The third kappa shape index (κ3) is 1.85. The summed E-state index contributed by atoms with van der Waals surface area (Å²) in [5.74, 6) is 0. The Morgan fingerprint density at radius 3 is 2.50 bits per heavy atom. The van der Waals surface area contributed by atoms with Gasteiger partial charge >= 0.3 is 0 Å². The maximum absolute atomic E-state index is 2.20. The van der Waals surface area contributed by atoms with Gasteiger partial charge in [-0.15, -0.1) is 0 Å². The third-order valence-electron chi connectivity index (χ3n) is 2.57. The second kappa shape index (κ2) is 4.10. The molecule has 0 aliphatic heterocycles. The molecule has 0 spiro atoms. The minimum atomic E-state index is 1.05. The average Bonchev–Trinajstić information content (AvgIpc) is 2.30. The molecule has 14 heavy (non-hydrogen) atoms. The Hall–Kier alpha value is -1.56. The van der Waals surface area contributed by atoms with Crippen molar-refractivity contribution >= 4 is 5.57 Å². The van der Waals surface area contributed by atoms with Gasteiger partial charge in [0.05, 0.1) is 0 Å². The standard InChI is InChI=1S/C14H14/c1-12(13-8-4-2-5-9-13)14-10-6-3-7-11-14/h2-10H,11H2,1H3/b14-12-. The maximum atomic E-state index is 2.20. The number of hydrogen-bond donors (Lipinski definition) is 0. The van der Waals surface area contributed by atoms with Gasteiger partial charge in [0.1, 0.15) is 0 Å². The number of hydrogen-bond acceptors (Lipinski definition) is 0. The molecule has 0 saturated carbocycles. The van der Waals surface area contributed by atoms with Crippen molar-refractivity contribution in [2.45, 2.75) is 13.3 Å². The summed E-state index contributed by atoms with van der Waals surface area (Å²) in [4.78, 5) is 0. The predicted molar refractivity (Wildman–Crippen MR) is 61.9 cm³/mol. The van der Waals surface area contributed by atoms with Crippen molar-refractivity contribution in [3.8, 4) is 0 Å². The van der Waals surface area contributed by atoms with E-state index in [-0.39, 0.29) is 0 Å². The first-order valence-corrected chi connectivity index (χ1v) is 4.96. The molecule has 70 valence electrons. The lowest BCUT2D eigenvalue weighted by molar-refractivity contribution is 1.26. The highest BCUT2D eigenvalue weighted by Crippen LogP contribution is 2.23. The van der Waals surface area contributed by atoms with Crippen molar-refractivity contribution in [3.63, 3.8) is 0 Å². The minimum absolute atomic E-state index is 1.05. The predicted octanol–water partition coefficient (Wildman–Crippen LogP) is 3.98. The highest BCUT2D eigenvalue weighted by Gasteiger charge is 2.01. The van der Waals surface area contributed by atoms with E-state index in [0.717, 1.165) is 6.42 Å². The molecule has 0 saturated heterocycles. The molecule has 0 nitrogen and oxygen atoms in total. The van der Waals surface area contributed by atoms with Crippen molar-refractivity contribution in [2.24, 2.45) is 0 Å². The van der Waals surface area contributed by atoms with Crippen molar-refractivity contribution in [1.29, 1.82) is 0 Å². The molecule has 0 heteroatoms. The fraction of sp³-hybridized carbons (Fsp3) is 0.143. The number of rotatable bonds is 1. The van der Waals surface area contributed by atoms with Gasteiger partial charge in [0, 0.05) is 0 Å². The van der Waals surface area contributed by atoms with Gasteiger partial charge in [-0.1, -0.05) is 54.6 Å². The average molecular weight is 182 g/mol. The summed E-state index contributed by atoms with van der Waals surface area (Å²) in [6.07, 6.45) is 9.65. The molecule has 1 aliphatic rings. The van der Waals surface area contributed by atoms with Crippen LogP contribution in [0.25, 0.3) is 5.57 Å². The second-order valence-electron chi connectivity index (χ2n) is 3.51. The van der Waals surface area contributed by atoms with E-state index in [4.69, 9.17) is 0 Å². The van der Waals surface area contributed by atoms with Gasteiger partial charge in [0.2, 0.25) is 0 Å². The summed E-state index contributed by atoms with van der Waals surface area (Å²) in [5.41, 5.74) is 4.12. The van der Waals surface area contributed by atoms with Crippen LogP contribution in [-0.2, 0) is 0 Å². The molecule has 1 aromatic carbocycles. The van der Waals surface area contributed by atoms with Crippen LogP contribution in [0.15, 0.2) is 60.2 Å². The summed E-state index contributed by atoms with van der Waals surface area (Å²) in [7, 11) is 0. The molecule has 1 aromatic rings. The Labute approximate surface area is 85.3 Å². The SMILES string of the molecule is C/C(=C1\C=CC=CC1)c1ccccc1. The van der Waals surface area contributed by atoms with Crippen molar-refractivity contribution in [2.75, 3.05) is 0 Å². The molecule has 0 radical (unpaired) electrons. The van der Waals surface area contributed by atoms with Crippen LogP contribution in [0.5, 0.6) is 0 Å². The van der Waals surface area contributed by atoms with Gasteiger partial charge in [0.15, 0.2) is 0 Å². The van der Waals surface area contributed by atoms with Crippen LogP contribution < -0.4 is 0 Å². The van der Waals surface area contributed by atoms with Gasteiger partial charge in [-0.25, -0.2) is 0 Å². The zero-order valence-electron chi connectivity index (χ0n) is 8.40. The zero-order chi connectivity index (χ0) is 9.80. The van der Waals surface area contributed by atoms with Crippen LogP contribution in [0.1, 0.15) is 18.9 Å². The third-order valence-corrected chi connectivity index (χ3v) is 2.57. The summed E-state index contributed by atoms with van der Waals surface area (Å²) in [6.45, 7) is 2.19. The number of benzene rings is 1. The molecule has 0 heterocycles. The van der Waals surface area contributed by atoms with Gasteiger partial charge < -0.3 is 0 Å². The molecule has 0 unspecified atom stereocenters. The molecule has 0 atom stereocenters. The molecule has 1 aliphatic carbocycles. The highest BCUT2D eigenvalue weighted by atomic mass is 14.1. The van der Waals surface area contributed by atoms with E-state index in [9.17, 15) is 0 Å². The van der Waals surface area contributed by atoms with E-state index in [0.29, 0.717) is 0 Å². The van der Waals surface area contributed by atoms with E-state index in [2.05, 4.69) is 61.6 Å². The molecule has 0 N–H and O–H groups in total. The Balaban J connectivity index is 2.36. The lowest BCUT2D eigenvalue weighted by atomic mass is 9.97. The molecule has 0 fully saturated rings. The summed E-state index contributed by atoms with van der Waals surface area (Å²) in [5, 5.41) is 0. The van der Waals surface area contributed by atoms with Gasteiger partial charge in [0.25, 0.3) is 0 Å². The van der Waals surface area contributed by atoms with E-state index < -0.39 is 0 Å². The first-order valence-electron chi connectivity index (χ1n) is 4.96. The van der Waals surface area contributed by atoms with E-state index in [1.807, 2.05) is 0 Å². The topological polar surface area (TPSA) is 0 Å². The van der Waals surface area contributed by atoms with Crippen LogP contribution in [-0.4, -0.2) is 0 Å². The molecular formula is C14H14. The van der Waals surface area contributed by atoms with Crippen LogP contribution in [0.2, 0.25) is 0 Å². The molecule has 0 amide bonds. The zero-order valence-corrected chi connectivity index (χ0v) is 8.40. The van der Waals surface area contributed by atoms with Crippen molar-refractivity contribution < 1.29 is 0 Å². The van der Waals surface area contributed by atoms with Crippen LogP contribution in [0.3, 0.4) is 0 Å². The normalized spacial score (nSPS) is 18.4. The Kier molecular flexibility index (Phi) is 2.64. The summed E-state index contributed by atoms with van der Waals surface area (Å²) in [6, 6.07) is 10.5. The maximum Gasteiger partial charge on any atom is -0.00915 e. The van der Waals surface area contributed by atoms with Gasteiger partial charge in [-0.05, 0) is 30.1 Å².